The average Bonchev–Trinajstić information content (AvgIpc) is 2.96. The zero-order chi connectivity index (χ0) is 12.9. The quantitative estimate of drug-likeness (QED) is 0.865. The molecule has 1 aliphatic rings. The Morgan fingerprint density at radius 2 is 1.58 bits per heavy atom. The van der Waals surface area contributed by atoms with E-state index in [1.54, 1.807) is 0 Å². The van der Waals surface area contributed by atoms with E-state index in [1.807, 2.05) is 0 Å². The van der Waals surface area contributed by atoms with Crippen LogP contribution in [0.15, 0.2) is 66.7 Å². The van der Waals surface area contributed by atoms with Gasteiger partial charge in [0.05, 0.1) is 0 Å². The van der Waals surface area contributed by atoms with Gasteiger partial charge in [-0.25, -0.2) is 0 Å². The summed E-state index contributed by atoms with van der Waals surface area (Å²) in [6, 6.07) is 21.7. The molecule has 0 aromatic heterocycles. The Balaban J connectivity index is 1.62. The van der Waals surface area contributed by atoms with Gasteiger partial charge in [0.1, 0.15) is 0 Å². The number of hydrogen-bond donors (Lipinski definition) is 1. The summed E-state index contributed by atoms with van der Waals surface area (Å²) in [5, 5.41) is 3.61. The van der Waals surface area contributed by atoms with E-state index in [1.165, 1.54) is 17.5 Å². The van der Waals surface area contributed by atoms with Crippen LogP contribution < -0.4 is 5.32 Å². The summed E-state index contributed by atoms with van der Waals surface area (Å²) in [7, 11) is 0. The summed E-state index contributed by atoms with van der Waals surface area (Å²) in [6.45, 7) is 1.07. The smallest absolute Gasteiger partial charge is 0.0326 e. The highest BCUT2D eigenvalue weighted by molar-refractivity contribution is 5.49. The zero-order valence-corrected chi connectivity index (χ0v) is 11.0. The molecule has 3 rings (SSSR count). The molecule has 19 heavy (non-hydrogen) atoms. The molecule has 96 valence electrons. The largest absolute Gasteiger partial charge is 0.309 e. The van der Waals surface area contributed by atoms with Crippen molar-refractivity contribution in [3.63, 3.8) is 0 Å². The highest BCUT2D eigenvalue weighted by Crippen LogP contribution is 2.28. The summed E-state index contributed by atoms with van der Waals surface area (Å²) in [5.41, 5.74) is 2.68. The SMILES string of the molecule is C(=C\[C@H]1CNC(c2ccccc2)C1)/c1ccccc1. The van der Waals surface area contributed by atoms with Crippen molar-refractivity contribution < 1.29 is 0 Å². The van der Waals surface area contributed by atoms with Crippen molar-refractivity contribution in [1.29, 1.82) is 0 Å². The van der Waals surface area contributed by atoms with Crippen LogP contribution in [0.1, 0.15) is 23.6 Å². The minimum Gasteiger partial charge on any atom is -0.309 e. The molecule has 2 aromatic rings. The zero-order valence-electron chi connectivity index (χ0n) is 11.0. The molecule has 0 bridgehead atoms. The van der Waals surface area contributed by atoms with Gasteiger partial charge in [0.25, 0.3) is 0 Å². The molecule has 1 unspecified atom stereocenters. The molecule has 0 spiro atoms. The van der Waals surface area contributed by atoms with Crippen molar-refractivity contribution in [3.05, 3.63) is 77.9 Å². The molecule has 2 atom stereocenters. The molecule has 1 heterocycles. The van der Waals surface area contributed by atoms with E-state index in [2.05, 4.69) is 78.1 Å². The second-order valence-electron chi connectivity index (χ2n) is 5.14. The fourth-order valence-electron chi connectivity index (χ4n) is 2.66. The molecule has 0 radical (unpaired) electrons. The molecule has 1 saturated heterocycles. The third-order valence-corrected chi connectivity index (χ3v) is 3.73. The van der Waals surface area contributed by atoms with E-state index in [0.717, 1.165) is 6.54 Å². The molecule has 1 aliphatic heterocycles. The fraction of sp³-hybridized carbons (Fsp3) is 0.222. The summed E-state index contributed by atoms with van der Waals surface area (Å²) in [5.74, 6) is 0.630. The first-order chi connectivity index (χ1) is 9.42. The van der Waals surface area contributed by atoms with Gasteiger partial charge in [0.15, 0.2) is 0 Å². The normalized spacial score (nSPS) is 22.9. The molecule has 1 N–H and O–H groups in total. The van der Waals surface area contributed by atoms with Gasteiger partial charge in [0, 0.05) is 12.6 Å². The summed E-state index contributed by atoms with van der Waals surface area (Å²) in [4.78, 5) is 0. The van der Waals surface area contributed by atoms with Crippen molar-refractivity contribution in [2.75, 3.05) is 6.54 Å². The van der Waals surface area contributed by atoms with Crippen LogP contribution in [0.4, 0.5) is 0 Å². The monoisotopic (exact) mass is 249 g/mol. The Hall–Kier alpha value is -1.86. The maximum Gasteiger partial charge on any atom is 0.0326 e. The maximum absolute atomic E-state index is 3.61. The van der Waals surface area contributed by atoms with E-state index in [9.17, 15) is 0 Å². The second-order valence-corrected chi connectivity index (χ2v) is 5.14. The van der Waals surface area contributed by atoms with Crippen LogP contribution in [-0.4, -0.2) is 6.54 Å². The van der Waals surface area contributed by atoms with Gasteiger partial charge < -0.3 is 5.32 Å². The average molecular weight is 249 g/mol. The predicted octanol–water partition coefficient (Wildman–Crippen LogP) is 4.05. The summed E-state index contributed by atoms with van der Waals surface area (Å²) < 4.78 is 0. The lowest BCUT2D eigenvalue weighted by Gasteiger charge is -2.09. The van der Waals surface area contributed by atoms with Gasteiger partial charge in [-0.05, 0) is 23.5 Å². The molecule has 1 nitrogen and oxygen atoms in total. The second kappa shape index (κ2) is 5.85. The van der Waals surface area contributed by atoms with Gasteiger partial charge in [-0.1, -0.05) is 72.8 Å². The molecular weight excluding hydrogens is 230 g/mol. The first-order valence-corrected chi connectivity index (χ1v) is 6.93. The first-order valence-electron chi connectivity index (χ1n) is 6.93. The van der Waals surface area contributed by atoms with E-state index >= 15 is 0 Å². The van der Waals surface area contributed by atoms with Crippen LogP contribution in [-0.2, 0) is 0 Å². The fourth-order valence-corrected chi connectivity index (χ4v) is 2.66. The van der Waals surface area contributed by atoms with Gasteiger partial charge in [0.2, 0.25) is 0 Å². The Bertz CT molecular complexity index is 530. The topological polar surface area (TPSA) is 12.0 Å². The van der Waals surface area contributed by atoms with Crippen molar-refractivity contribution in [1.82, 2.24) is 5.32 Å². The predicted molar refractivity (Wildman–Crippen MR) is 80.8 cm³/mol. The molecule has 1 heteroatoms. The number of rotatable bonds is 3. The van der Waals surface area contributed by atoms with E-state index in [4.69, 9.17) is 0 Å². The van der Waals surface area contributed by atoms with Crippen molar-refractivity contribution in [2.24, 2.45) is 5.92 Å². The van der Waals surface area contributed by atoms with E-state index in [0.29, 0.717) is 12.0 Å². The molecule has 0 aliphatic carbocycles. The van der Waals surface area contributed by atoms with Gasteiger partial charge >= 0.3 is 0 Å². The van der Waals surface area contributed by atoms with Crippen LogP contribution in [0.3, 0.4) is 0 Å². The summed E-state index contributed by atoms with van der Waals surface area (Å²) in [6.07, 6.45) is 5.76. The van der Waals surface area contributed by atoms with Crippen LogP contribution in [0, 0.1) is 5.92 Å². The Morgan fingerprint density at radius 3 is 2.32 bits per heavy atom. The number of hydrogen-bond acceptors (Lipinski definition) is 1. The third kappa shape index (κ3) is 3.12. The lowest BCUT2D eigenvalue weighted by Crippen LogP contribution is -2.13. The third-order valence-electron chi connectivity index (χ3n) is 3.73. The van der Waals surface area contributed by atoms with Crippen molar-refractivity contribution in [2.45, 2.75) is 12.5 Å². The Labute approximate surface area is 115 Å². The highest BCUT2D eigenvalue weighted by atomic mass is 14.9. The van der Waals surface area contributed by atoms with Crippen LogP contribution in [0.5, 0.6) is 0 Å². The number of benzene rings is 2. The maximum atomic E-state index is 3.61. The van der Waals surface area contributed by atoms with Crippen LogP contribution in [0.2, 0.25) is 0 Å². The lowest BCUT2D eigenvalue weighted by molar-refractivity contribution is 0.637. The van der Waals surface area contributed by atoms with Crippen molar-refractivity contribution in [3.8, 4) is 0 Å². The highest BCUT2D eigenvalue weighted by Gasteiger charge is 2.22. The van der Waals surface area contributed by atoms with E-state index < -0.39 is 0 Å². The minimum atomic E-state index is 0.506. The first kappa shape index (κ1) is 12.2. The molecular formula is C18H19N. The molecule has 1 fully saturated rings. The van der Waals surface area contributed by atoms with Gasteiger partial charge in [-0.2, -0.15) is 0 Å². The Kier molecular flexibility index (Phi) is 3.75. The number of nitrogens with one attached hydrogen (secondary N) is 1. The minimum absolute atomic E-state index is 0.506. The van der Waals surface area contributed by atoms with Crippen LogP contribution >= 0.6 is 0 Å². The van der Waals surface area contributed by atoms with Crippen LogP contribution in [0.25, 0.3) is 6.08 Å². The molecule has 2 aromatic carbocycles. The van der Waals surface area contributed by atoms with Gasteiger partial charge in [-0.3, -0.25) is 0 Å². The van der Waals surface area contributed by atoms with Crippen molar-refractivity contribution >= 4 is 6.08 Å². The lowest BCUT2D eigenvalue weighted by atomic mass is 9.99. The summed E-state index contributed by atoms with van der Waals surface area (Å²) >= 11 is 0. The standard InChI is InChI=1S/C18H19N/c1-3-7-15(8-4-1)11-12-16-13-18(19-14-16)17-9-5-2-6-10-17/h1-12,16,18-19H,13-14H2/b12-11+/t16-,18?/m1/s1. The molecule has 0 amide bonds. The van der Waals surface area contributed by atoms with E-state index in [-0.39, 0.29) is 0 Å². The molecule has 0 saturated carbocycles. The van der Waals surface area contributed by atoms with Gasteiger partial charge in [-0.15, -0.1) is 0 Å². The Morgan fingerprint density at radius 1 is 0.895 bits per heavy atom.